The Morgan fingerprint density at radius 2 is 1.88 bits per heavy atom. The van der Waals surface area contributed by atoms with Gasteiger partial charge in [0, 0.05) is 31.9 Å². The van der Waals surface area contributed by atoms with Crippen molar-refractivity contribution in [1.29, 1.82) is 0 Å². The van der Waals surface area contributed by atoms with E-state index in [0.717, 1.165) is 50.7 Å². The van der Waals surface area contributed by atoms with E-state index in [0.29, 0.717) is 13.2 Å². The van der Waals surface area contributed by atoms with E-state index in [1.54, 1.807) is 13.8 Å². The molecule has 0 unspecified atom stereocenters. The minimum atomic E-state index is -0.844. The first-order valence-electron chi connectivity index (χ1n) is 8.99. The predicted molar refractivity (Wildman–Crippen MR) is 98.1 cm³/mol. The molecule has 6 nitrogen and oxygen atoms in total. The van der Waals surface area contributed by atoms with Gasteiger partial charge in [0.1, 0.15) is 18.0 Å². The van der Waals surface area contributed by atoms with E-state index in [1.165, 1.54) is 0 Å². The van der Waals surface area contributed by atoms with Crippen molar-refractivity contribution in [3.8, 4) is 5.75 Å². The number of nitrogens with one attached hydrogen (secondary N) is 1. The minimum absolute atomic E-state index is 0.151. The summed E-state index contributed by atoms with van der Waals surface area (Å²) in [5.74, 6) is 0.648. The van der Waals surface area contributed by atoms with E-state index in [1.807, 2.05) is 31.2 Å². The molecule has 6 heteroatoms. The van der Waals surface area contributed by atoms with Crippen LogP contribution in [0, 0.1) is 0 Å². The van der Waals surface area contributed by atoms with Gasteiger partial charge in [0.05, 0.1) is 13.2 Å². The highest BCUT2D eigenvalue weighted by molar-refractivity contribution is 5.96. The second kappa shape index (κ2) is 9.75. The van der Waals surface area contributed by atoms with E-state index in [2.05, 4.69) is 10.2 Å². The van der Waals surface area contributed by atoms with Crippen LogP contribution in [-0.2, 0) is 14.3 Å². The third kappa shape index (κ3) is 6.65. The summed E-state index contributed by atoms with van der Waals surface area (Å²) in [6.45, 7) is 11.2. The first-order chi connectivity index (χ1) is 12.0. The number of hydrogen-bond acceptors (Lipinski definition) is 5. The first-order valence-corrected chi connectivity index (χ1v) is 8.99. The zero-order valence-corrected chi connectivity index (χ0v) is 15.5. The van der Waals surface area contributed by atoms with Gasteiger partial charge in [-0.25, -0.2) is 0 Å². The summed E-state index contributed by atoms with van der Waals surface area (Å²) in [7, 11) is 0. The maximum Gasteiger partial charge on any atom is 0.256 e. The van der Waals surface area contributed by atoms with Crippen LogP contribution in [0.25, 0.3) is 0 Å². The van der Waals surface area contributed by atoms with Crippen LogP contribution in [0.2, 0.25) is 0 Å². The summed E-state index contributed by atoms with van der Waals surface area (Å²) in [6.07, 6.45) is 0.882. The van der Waals surface area contributed by atoms with Gasteiger partial charge in [-0.1, -0.05) is 6.92 Å². The summed E-state index contributed by atoms with van der Waals surface area (Å²) in [5.41, 5.74) is -0.109. The molecule has 0 aliphatic carbocycles. The lowest BCUT2D eigenvalue weighted by Gasteiger charge is -2.26. The van der Waals surface area contributed by atoms with Gasteiger partial charge in [-0.05, 0) is 44.5 Å². The Balaban J connectivity index is 1.76. The minimum Gasteiger partial charge on any atom is -0.492 e. The van der Waals surface area contributed by atoms with Crippen LogP contribution in [0.5, 0.6) is 5.75 Å². The molecule has 1 aromatic carbocycles. The molecule has 1 amide bonds. The highest BCUT2D eigenvalue weighted by atomic mass is 16.5. The molecular weight excluding hydrogens is 320 g/mol. The molecule has 0 spiro atoms. The molecule has 0 aromatic heterocycles. The van der Waals surface area contributed by atoms with Gasteiger partial charge in [0.25, 0.3) is 5.91 Å². The van der Waals surface area contributed by atoms with Gasteiger partial charge in [-0.3, -0.25) is 9.69 Å². The van der Waals surface area contributed by atoms with E-state index in [9.17, 15) is 4.79 Å². The SMILES string of the molecule is CCCOC(C)(C)C(=O)Nc1ccc(OCCN2CCOCC2)cc1. The fourth-order valence-electron chi connectivity index (χ4n) is 2.46. The second-order valence-electron chi connectivity index (χ2n) is 6.64. The fraction of sp³-hybridized carbons (Fsp3) is 0.632. The van der Waals surface area contributed by atoms with E-state index < -0.39 is 5.60 Å². The Morgan fingerprint density at radius 3 is 2.52 bits per heavy atom. The van der Waals surface area contributed by atoms with Gasteiger partial charge in [0.15, 0.2) is 0 Å². The summed E-state index contributed by atoms with van der Waals surface area (Å²) >= 11 is 0. The van der Waals surface area contributed by atoms with Gasteiger partial charge in [-0.2, -0.15) is 0 Å². The predicted octanol–water partition coefficient (Wildman–Crippen LogP) is 2.54. The fourth-order valence-corrected chi connectivity index (χ4v) is 2.46. The van der Waals surface area contributed by atoms with Gasteiger partial charge in [0.2, 0.25) is 0 Å². The van der Waals surface area contributed by atoms with E-state index in [-0.39, 0.29) is 5.91 Å². The van der Waals surface area contributed by atoms with Crippen molar-refractivity contribution >= 4 is 11.6 Å². The number of morpholine rings is 1. The van der Waals surface area contributed by atoms with Crippen molar-refractivity contribution in [2.75, 3.05) is 51.4 Å². The Labute approximate surface area is 150 Å². The average Bonchev–Trinajstić information content (AvgIpc) is 2.62. The van der Waals surface area contributed by atoms with Crippen molar-refractivity contribution in [2.45, 2.75) is 32.8 Å². The van der Waals surface area contributed by atoms with Crippen molar-refractivity contribution < 1.29 is 19.0 Å². The zero-order valence-electron chi connectivity index (χ0n) is 15.5. The summed E-state index contributed by atoms with van der Waals surface area (Å²) in [5, 5.41) is 2.88. The molecule has 1 aromatic rings. The summed E-state index contributed by atoms with van der Waals surface area (Å²) < 4.78 is 16.7. The first kappa shape index (κ1) is 19.7. The molecule has 1 saturated heterocycles. The Hall–Kier alpha value is -1.63. The van der Waals surface area contributed by atoms with Crippen LogP contribution < -0.4 is 10.1 Å². The lowest BCUT2D eigenvalue weighted by Crippen LogP contribution is -2.40. The molecule has 1 heterocycles. The molecule has 0 radical (unpaired) electrons. The molecule has 0 saturated carbocycles. The number of hydrogen-bond donors (Lipinski definition) is 1. The monoisotopic (exact) mass is 350 g/mol. The van der Waals surface area contributed by atoms with Gasteiger partial charge < -0.3 is 19.5 Å². The Bertz CT molecular complexity index is 525. The van der Waals surface area contributed by atoms with Crippen LogP contribution >= 0.6 is 0 Å². The molecule has 1 aliphatic heterocycles. The molecule has 0 atom stereocenters. The van der Waals surface area contributed by atoms with Gasteiger partial charge in [-0.15, -0.1) is 0 Å². The second-order valence-corrected chi connectivity index (χ2v) is 6.64. The maximum absolute atomic E-state index is 12.3. The third-order valence-electron chi connectivity index (χ3n) is 4.11. The Kier molecular flexibility index (Phi) is 7.68. The average molecular weight is 350 g/mol. The van der Waals surface area contributed by atoms with Crippen LogP contribution in [-0.4, -0.2) is 62.5 Å². The van der Waals surface area contributed by atoms with Crippen molar-refractivity contribution in [3.05, 3.63) is 24.3 Å². The van der Waals surface area contributed by atoms with E-state index >= 15 is 0 Å². The van der Waals surface area contributed by atoms with Crippen LogP contribution in [0.1, 0.15) is 27.2 Å². The van der Waals surface area contributed by atoms with Crippen molar-refractivity contribution in [1.82, 2.24) is 4.90 Å². The number of carbonyl (C=O) groups is 1. The smallest absolute Gasteiger partial charge is 0.256 e. The zero-order chi connectivity index (χ0) is 18.1. The van der Waals surface area contributed by atoms with Crippen molar-refractivity contribution in [2.24, 2.45) is 0 Å². The normalized spacial score (nSPS) is 15.8. The molecule has 1 fully saturated rings. The number of nitrogens with zero attached hydrogens (tertiary/aromatic N) is 1. The standard InChI is InChI=1S/C19H30N2O4/c1-4-12-25-19(2,3)18(22)20-16-5-7-17(8-6-16)24-15-11-21-9-13-23-14-10-21/h5-8H,4,9-15H2,1-3H3,(H,20,22). The molecule has 0 bridgehead atoms. The third-order valence-corrected chi connectivity index (χ3v) is 4.11. The number of rotatable bonds is 9. The Morgan fingerprint density at radius 1 is 1.20 bits per heavy atom. The molecule has 25 heavy (non-hydrogen) atoms. The number of carbonyl (C=O) groups excluding carboxylic acids is 1. The van der Waals surface area contributed by atoms with Crippen LogP contribution in [0.4, 0.5) is 5.69 Å². The van der Waals surface area contributed by atoms with Crippen LogP contribution in [0.3, 0.4) is 0 Å². The number of amides is 1. The largest absolute Gasteiger partial charge is 0.492 e. The molecular formula is C19H30N2O4. The number of benzene rings is 1. The molecule has 2 rings (SSSR count). The maximum atomic E-state index is 12.3. The molecule has 140 valence electrons. The molecule has 1 N–H and O–H groups in total. The highest BCUT2D eigenvalue weighted by Crippen LogP contribution is 2.18. The van der Waals surface area contributed by atoms with Crippen LogP contribution in [0.15, 0.2) is 24.3 Å². The lowest BCUT2D eigenvalue weighted by molar-refractivity contribution is -0.137. The lowest BCUT2D eigenvalue weighted by atomic mass is 10.1. The molecule has 1 aliphatic rings. The van der Waals surface area contributed by atoms with E-state index in [4.69, 9.17) is 14.2 Å². The highest BCUT2D eigenvalue weighted by Gasteiger charge is 2.28. The summed E-state index contributed by atoms with van der Waals surface area (Å²) in [4.78, 5) is 14.6. The number of ether oxygens (including phenoxy) is 3. The quantitative estimate of drug-likeness (QED) is 0.742. The number of anilines is 1. The van der Waals surface area contributed by atoms with Gasteiger partial charge >= 0.3 is 0 Å². The summed E-state index contributed by atoms with van der Waals surface area (Å²) in [6, 6.07) is 7.43. The topological polar surface area (TPSA) is 60.0 Å². The van der Waals surface area contributed by atoms with Crippen molar-refractivity contribution in [3.63, 3.8) is 0 Å².